The average molecular weight is 530 g/mol. The summed E-state index contributed by atoms with van der Waals surface area (Å²) in [7, 11) is 0. The highest BCUT2D eigenvalue weighted by Crippen LogP contribution is 2.44. The summed E-state index contributed by atoms with van der Waals surface area (Å²) in [6, 6.07) is 18.1. The number of hydrogen-bond donors (Lipinski definition) is 1. The second-order valence-electron chi connectivity index (χ2n) is 8.81. The SMILES string of the molecule is CCC[C@H](C(=O)O)N1C(=O)[C@@H](Cc2ccc(F)cc2)O[C@H](c2ccc(Cl)cc2)[C@@H]1c1ccc(Cl)cc1. The molecule has 1 aliphatic rings. The smallest absolute Gasteiger partial charge is 0.326 e. The molecule has 1 amide bonds. The van der Waals surface area contributed by atoms with Crippen LogP contribution in [-0.2, 0) is 20.7 Å². The molecule has 5 nitrogen and oxygen atoms in total. The highest BCUT2D eigenvalue weighted by atomic mass is 35.5. The van der Waals surface area contributed by atoms with E-state index in [4.69, 9.17) is 27.9 Å². The molecule has 0 unspecified atom stereocenters. The molecule has 188 valence electrons. The van der Waals surface area contributed by atoms with Crippen molar-refractivity contribution in [3.63, 3.8) is 0 Å². The maximum Gasteiger partial charge on any atom is 0.326 e. The molecule has 0 bridgehead atoms. The second-order valence-corrected chi connectivity index (χ2v) is 9.68. The fourth-order valence-electron chi connectivity index (χ4n) is 4.64. The van der Waals surface area contributed by atoms with Crippen LogP contribution in [0.5, 0.6) is 0 Å². The van der Waals surface area contributed by atoms with Crippen LogP contribution in [0.25, 0.3) is 0 Å². The molecule has 1 fully saturated rings. The van der Waals surface area contributed by atoms with Crippen molar-refractivity contribution in [2.75, 3.05) is 0 Å². The Labute approximate surface area is 219 Å². The molecule has 1 aliphatic heterocycles. The number of carboxylic acids is 1. The third kappa shape index (κ3) is 5.72. The van der Waals surface area contributed by atoms with Crippen molar-refractivity contribution in [1.29, 1.82) is 0 Å². The first-order valence-corrected chi connectivity index (χ1v) is 12.5. The highest BCUT2D eigenvalue weighted by Gasteiger charge is 2.48. The Morgan fingerprint density at radius 2 is 1.53 bits per heavy atom. The minimum absolute atomic E-state index is 0.172. The third-order valence-electron chi connectivity index (χ3n) is 6.35. The van der Waals surface area contributed by atoms with E-state index < -0.39 is 36.2 Å². The minimum atomic E-state index is -1.08. The van der Waals surface area contributed by atoms with Crippen LogP contribution in [0.4, 0.5) is 4.39 Å². The van der Waals surface area contributed by atoms with Gasteiger partial charge in [-0.15, -0.1) is 0 Å². The van der Waals surface area contributed by atoms with Crippen LogP contribution in [0.1, 0.15) is 48.6 Å². The van der Waals surface area contributed by atoms with E-state index in [1.807, 2.05) is 19.1 Å². The van der Waals surface area contributed by atoms with Gasteiger partial charge < -0.3 is 14.7 Å². The first-order chi connectivity index (χ1) is 17.3. The number of carbonyl (C=O) groups excluding carboxylic acids is 1. The van der Waals surface area contributed by atoms with Gasteiger partial charge in [-0.05, 0) is 59.5 Å². The molecule has 0 aromatic heterocycles. The molecule has 3 aromatic carbocycles. The number of morpholine rings is 1. The van der Waals surface area contributed by atoms with Gasteiger partial charge in [0.15, 0.2) is 0 Å². The number of nitrogens with zero attached hydrogens (tertiary/aromatic N) is 1. The quantitative estimate of drug-likeness (QED) is 0.355. The molecule has 8 heteroatoms. The standard InChI is InChI=1S/C28H26Cl2FNO4/c1-2-3-23(28(34)35)32-25(18-6-10-20(29)11-7-18)26(19-8-12-21(30)13-9-19)36-24(27(32)33)16-17-4-14-22(31)15-5-17/h4-15,23-26H,2-3,16H2,1H3,(H,34,35)/t23-,24-,25+,26-/m1/s1. The van der Waals surface area contributed by atoms with Crippen LogP contribution >= 0.6 is 23.2 Å². The Hall–Kier alpha value is -2.93. The van der Waals surface area contributed by atoms with E-state index in [1.54, 1.807) is 48.5 Å². The summed E-state index contributed by atoms with van der Waals surface area (Å²) in [5.41, 5.74) is 2.16. The van der Waals surface area contributed by atoms with Gasteiger partial charge in [0, 0.05) is 16.5 Å². The summed E-state index contributed by atoms with van der Waals surface area (Å²) >= 11 is 12.3. The topological polar surface area (TPSA) is 66.8 Å². The maximum atomic E-state index is 13.9. The first kappa shape index (κ1) is 26.1. The van der Waals surface area contributed by atoms with Crippen LogP contribution in [-0.4, -0.2) is 34.0 Å². The molecule has 4 rings (SSSR count). The van der Waals surface area contributed by atoms with Crippen molar-refractivity contribution in [3.05, 3.63) is 105 Å². The summed E-state index contributed by atoms with van der Waals surface area (Å²) in [6.45, 7) is 1.88. The van der Waals surface area contributed by atoms with E-state index in [1.165, 1.54) is 17.0 Å². The summed E-state index contributed by atoms with van der Waals surface area (Å²) in [5, 5.41) is 11.2. The monoisotopic (exact) mass is 529 g/mol. The molecule has 36 heavy (non-hydrogen) atoms. The van der Waals surface area contributed by atoms with E-state index in [0.29, 0.717) is 27.6 Å². The number of amides is 1. The molecular formula is C28H26Cl2FNO4. The van der Waals surface area contributed by atoms with Crippen LogP contribution < -0.4 is 0 Å². The molecular weight excluding hydrogens is 504 g/mol. The lowest BCUT2D eigenvalue weighted by Gasteiger charge is -2.47. The summed E-state index contributed by atoms with van der Waals surface area (Å²) in [6.07, 6.45) is -0.611. The summed E-state index contributed by atoms with van der Waals surface area (Å²) in [4.78, 5) is 27.8. The van der Waals surface area contributed by atoms with Gasteiger partial charge in [-0.25, -0.2) is 9.18 Å². The Bertz CT molecular complexity index is 1200. The molecule has 0 spiro atoms. The molecule has 4 atom stereocenters. The predicted molar refractivity (Wildman–Crippen MR) is 137 cm³/mol. The van der Waals surface area contributed by atoms with Crippen molar-refractivity contribution in [2.24, 2.45) is 0 Å². The molecule has 3 aromatic rings. The van der Waals surface area contributed by atoms with Crippen LogP contribution in [0, 0.1) is 5.82 Å². The van der Waals surface area contributed by atoms with Gasteiger partial charge in [0.05, 0.1) is 6.04 Å². The lowest BCUT2D eigenvalue weighted by atomic mass is 9.88. The molecule has 0 saturated carbocycles. The number of benzene rings is 3. The average Bonchev–Trinajstić information content (AvgIpc) is 2.86. The Morgan fingerprint density at radius 1 is 0.972 bits per heavy atom. The molecule has 0 aliphatic carbocycles. The van der Waals surface area contributed by atoms with E-state index in [-0.39, 0.29) is 18.7 Å². The summed E-state index contributed by atoms with van der Waals surface area (Å²) in [5.74, 6) is -1.89. The number of hydrogen-bond acceptors (Lipinski definition) is 3. The molecule has 1 saturated heterocycles. The Morgan fingerprint density at radius 3 is 2.06 bits per heavy atom. The largest absolute Gasteiger partial charge is 0.480 e. The van der Waals surface area contributed by atoms with E-state index in [9.17, 15) is 19.1 Å². The number of ether oxygens (including phenoxy) is 1. The number of rotatable bonds is 8. The van der Waals surface area contributed by atoms with Gasteiger partial charge in [-0.1, -0.05) is 72.9 Å². The minimum Gasteiger partial charge on any atom is -0.480 e. The normalized spacial score (nSPS) is 20.8. The second kappa shape index (κ2) is 11.4. The van der Waals surface area contributed by atoms with Gasteiger partial charge >= 0.3 is 5.97 Å². The number of carbonyl (C=O) groups is 2. The molecule has 0 radical (unpaired) electrons. The van der Waals surface area contributed by atoms with Crippen molar-refractivity contribution < 1.29 is 23.8 Å². The Kier molecular flexibility index (Phi) is 8.29. The van der Waals surface area contributed by atoms with E-state index in [0.717, 1.165) is 5.56 Å². The van der Waals surface area contributed by atoms with Gasteiger partial charge in [0.25, 0.3) is 5.91 Å². The van der Waals surface area contributed by atoms with E-state index in [2.05, 4.69) is 0 Å². The number of carboxylic acid groups (broad SMARTS) is 1. The van der Waals surface area contributed by atoms with Gasteiger partial charge in [0.1, 0.15) is 24.1 Å². The zero-order valence-electron chi connectivity index (χ0n) is 19.6. The zero-order valence-corrected chi connectivity index (χ0v) is 21.1. The Balaban J connectivity index is 1.84. The lowest BCUT2D eigenvalue weighted by Crippen LogP contribution is -2.57. The van der Waals surface area contributed by atoms with Crippen LogP contribution in [0.15, 0.2) is 72.8 Å². The number of halogens is 3. The zero-order chi connectivity index (χ0) is 25.8. The molecule has 1 N–H and O–H groups in total. The van der Waals surface area contributed by atoms with Gasteiger partial charge in [-0.2, -0.15) is 0 Å². The van der Waals surface area contributed by atoms with Gasteiger partial charge in [-0.3, -0.25) is 4.79 Å². The van der Waals surface area contributed by atoms with E-state index >= 15 is 0 Å². The fourth-order valence-corrected chi connectivity index (χ4v) is 4.89. The van der Waals surface area contributed by atoms with Gasteiger partial charge in [0.2, 0.25) is 0 Å². The van der Waals surface area contributed by atoms with Crippen molar-refractivity contribution in [2.45, 2.75) is 50.5 Å². The van der Waals surface area contributed by atoms with Crippen LogP contribution in [0.2, 0.25) is 10.0 Å². The maximum absolute atomic E-state index is 13.9. The van der Waals surface area contributed by atoms with Crippen LogP contribution in [0.3, 0.4) is 0 Å². The van der Waals surface area contributed by atoms with Crippen molar-refractivity contribution in [1.82, 2.24) is 4.90 Å². The fraction of sp³-hybridized carbons (Fsp3) is 0.286. The molecule has 1 heterocycles. The first-order valence-electron chi connectivity index (χ1n) is 11.7. The highest BCUT2D eigenvalue weighted by molar-refractivity contribution is 6.30. The van der Waals surface area contributed by atoms with Crippen molar-refractivity contribution >= 4 is 35.1 Å². The number of aliphatic carboxylic acids is 1. The van der Waals surface area contributed by atoms with Crippen molar-refractivity contribution in [3.8, 4) is 0 Å². The predicted octanol–water partition coefficient (Wildman–Crippen LogP) is 6.64. The third-order valence-corrected chi connectivity index (χ3v) is 6.86. The summed E-state index contributed by atoms with van der Waals surface area (Å²) < 4.78 is 19.9. The lowest BCUT2D eigenvalue weighted by molar-refractivity contribution is -0.184.